The van der Waals surface area contributed by atoms with Crippen molar-refractivity contribution in [2.75, 3.05) is 7.11 Å². The lowest BCUT2D eigenvalue weighted by molar-refractivity contribution is 0.420. The van der Waals surface area contributed by atoms with E-state index in [4.69, 9.17) is 10.5 Å². The summed E-state index contributed by atoms with van der Waals surface area (Å²) < 4.78 is 7.78. The zero-order valence-corrected chi connectivity index (χ0v) is 11.6. The SMILES string of the molecule is COc1cccc2c1cc(CC(C)N)n2C(C)C. The van der Waals surface area contributed by atoms with E-state index in [1.165, 1.54) is 16.6 Å². The average Bonchev–Trinajstić information content (AvgIpc) is 2.65. The molecular weight excluding hydrogens is 224 g/mol. The van der Waals surface area contributed by atoms with Crippen molar-refractivity contribution in [3.63, 3.8) is 0 Å². The van der Waals surface area contributed by atoms with Crippen LogP contribution in [0.3, 0.4) is 0 Å². The molecule has 0 spiro atoms. The van der Waals surface area contributed by atoms with Gasteiger partial charge >= 0.3 is 0 Å². The van der Waals surface area contributed by atoms with Gasteiger partial charge in [0.2, 0.25) is 0 Å². The summed E-state index contributed by atoms with van der Waals surface area (Å²) in [4.78, 5) is 0. The second-order valence-corrected chi connectivity index (χ2v) is 5.17. The summed E-state index contributed by atoms with van der Waals surface area (Å²) >= 11 is 0. The van der Waals surface area contributed by atoms with E-state index in [2.05, 4.69) is 30.5 Å². The number of ether oxygens (including phenoxy) is 1. The van der Waals surface area contributed by atoms with Crippen molar-refractivity contribution in [1.29, 1.82) is 0 Å². The van der Waals surface area contributed by atoms with Crippen LogP contribution in [0.15, 0.2) is 24.3 Å². The van der Waals surface area contributed by atoms with Gasteiger partial charge < -0.3 is 15.0 Å². The van der Waals surface area contributed by atoms with Gasteiger partial charge in [0.25, 0.3) is 0 Å². The van der Waals surface area contributed by atoms with Gasteiger partial charge in [-0.05, 0) is 39.0 Å². The molecule has 2 aromatic rings. The number of nitrogens with zero attached hydrogens (tertiary/aromatic N) is 1. The minimum atomic E-state index is 0.165. The number of nitrogens with two attached hydrogens (primary N) is 1. The predicted molar refractivity (Wildman–Crippen MR) is 76.2 cm³/mol. The molecule has 0 aliphatic heterocycles. The number of hydrogen-bond acceptors (Lipinski definition) is 2. The van der Waals surface area contributed by atoms with Crippen molar-refractivity contribution in [2.24, 2.45) is 5.73 Å². The Balaban J connectivity index is 2.66. The molecule has 98 valence electrons. The van der Waals surface area contributed by atoms with Crippen LogP contribution < -0.4 is 10.5 Å². The van der Waals surface area contributed by atoms with E-state index >= 15 is 0 Å². The minimum absolute atomic E-state index is 0.165. The van der Waals surface area contributed by atoms with Crippen LogP contribution in [0.5, 0.6) is 5.75 Å². The fourth-order valence-corrected chi connectivity index (χ4v) is 2.55. The van der Waals surface area contributed by atoms with Gasteiger partial charge in [0, 0.05) is 29.6 Å². The second kappa shape index (κ2) is 5.02. The van der Waals surface area contributed by atoms with Crippen LogP contribution in [0.1, 0.15) is 32.5 Å². The molecule has 2 rings (SSSR count). The van der Waals surface area contributed by atoms with Crippen molar-refractivity contribution < 1.29 is 4.74 Å². The highest BCUT2D eigenvalue weighted by Crippen LogP contribution is 2.31. The summed E-state index contributed by atoms with van der Waals surface area (Å²) in [6, 6.07) is 8.97. The van der Waals surface area contributed by atoms with E-state index in [1.54, 1.807) is 7.11 Å². The molecule has 1 aromatic carbocycles. The molecule has 1 atom stereocenters. The molecule has 0 aliphatic rings. The molecule has 1 heterocycles. The lowest BCUT2D eigenvalue weighted by Crippen LogP contribution is -2.20. The van der Waals surface area contributed by atoms with Crippen LogP contribution in [-0.2, 0) is 6.42 Å². The van der Waals surface area contributed by atoms with E-state index in [1.807, 2.05) is 19.1 Å². The molecule has 0 amide bonds. The number of rotatable bonds is 4. The Morgan fingerprint density at radius 3 is 2.56 bits per heavy atom. The van der Waals surface area contributed by atoms with Gasteiger partial charge in [0.15, 0.2) is 0 Å². The van der Waals surface area contributed by atoms with Crippen molar-refractivity contribution in [3.8, 4) is 5.75 Å². The predicted octanol–water partition coefficient (Wildman–Crippen LogP) is 3.12. The number of methoxy groups -OCH3 is 1. The maximum Gasteiger partial charge on any atom is 0.128 e. The summed E-state index contributed by atoms with van der Waals surface area (Å²) in [5.41, 5.74) is 8.44. The molecule has 3 nitrogen and oxygen atoms in total. The highest BCUT2D eigenvalue weighted by atomic mass is 16.5. The third kappa shape index (κ3) is 2.23. The maximum atomic E-state index is 5.94. The second-order valence-electron chi connectivity index (χ2n) is 5.17. The van der Waals surface area contributed by atoms with Crippen LogP contribution in [0.4, 0.5) is 0 Å². The van der Waals surface area contributed by atoms with Gasteiger partial charge in [0.1, 0.15) is 5.75 Å². The normalized spacial score (nSPS) is 13.2. The number of hydrogen-bond donors (Lipinski definition) is 1. The van der Waals surface area contributed by atoms with Gasteiger partial charge in [-0.25, -0.2) is 0 Å². The molecule has 2 N–H and O–H groups in total. The molecule has 18 heavy (non-hydrogen) atoms. The van der Waals surface area contributed by atoms with E-state index in [0.29, 0.717) is 6.04 Å². The first-order valence-electron chi connectivity index (χ1n) is 6.47. The summed E-state index contributed by atoms with van der Waals surface area (Å²) in [7, 11) is 1.71. The van der Waals surface area contributed by atoms with Crippen molar-refractivity contribution in [2.45, 2.75) is 39.3 Å². The monoisotopic (exact) mass is 246 g/mol. The molecule has 0 bridgehead atoms. The Kier molecular flexibility index (Phi) is 3.62. The molecular formula is C15H22N2O. The summed E-state index contributed by atoms with van der Waals surface area (Å²) in [5.74, 6) is 0.929. The Hall–Kier alpha value is -1.48. The number of benzene rings is 1. The topological polar surface area (TPSA) is 40.2 Å². The van der Waals surface area contributed by atoms with Crippen molar-refractivity contribution in [1.82, 2.24) is 4.57 Å². The standard InChI is InChI=1S/C15H22N2O/c1-10(2)17-12(8-11(3)16)9-13-14(17)6-5-7-15(13)18-4/h5-7,9-11H,8,16H2,1-4H3. The first-order valence-corrected chi connectivity index (χ1v) is 6.47. The summed E-state index contributed by atoms with van der Waals surface area (Å²) in [5, 5.41) is 1.17. The average molecular weight is 246 g/mol. The van der Waals surface area contributed by atoms with Gasteiger partial charge in [-0.3, -0.25) is 0 Å². The Bertz CT molecular complexity index is 541. The lowest BCUT2D eigenvalue weighted by Gasteiger charge is -2.16. The first-order chi connectivity index (χ1) is 8.54. The van der Waals surface area contributed by atoms with Crippen molar-refractivity contribution in [3.05, 3.63) is 30.0 Å². The lowest BCUT2D eigenvalue weighted by atomic mass is 10.2. The largest absolute Gasteiger partial charge is 0.496 e. The van der Waals surface area contributed by atoms with Gasteiger partial charge in [-0.2, -0.15) is 0 Å². The van der Waals surface area contributed by atoms with E-state index in [0.717, 1.165) is 12.2 Å². The minimum Gasteiger partial charge on any atom is -0.496 e. The first kappa shape index (κ1) is 13.0. The van der Waals surface area contributed by atoms with E-state index in [-0.39, 0.29) is 6.04 Å². The third-order valence-corrected chi connectivity index (χ3v) is 3.19. The van der Waals surface area contributed by atoms with Crippen LogP contribution >= 0.6 is 0 Å². The van der Waals surface area contributed by atoms with Gasteiger partial charge in [-0.1, -0.05) is 6.07 Å². The fourth-order valence-electron chi connectivity index (χ4n) is 2.55. The van der Waals surface area contributed by atoms with E-state index in [9.17, 15) is 0 Å². The molecule has 0 aliphatic carbocycles. The molecule has 0 radical (unpaired) electrons. The molecule has 3 heteroatoms. The number of fused-ring (bicyclic) bond motifs is 1. The van der Waals surface area contributed by atoms with Crippen LogP contribution in [0.25, 0.3) is 10.9 Å². The van der Waals surface area contributed by atoms with Gasteiger partial charge in [-0.15, -0.1) is 0 Å². The van der Waals surface area contributed by atoms with Crippen LogP contribution in [0.2, 0.25) is 0 Å². The van der Waals surface area contributed by atoms with E-state index < -0.39 is 0 Å². The fraction of sp³-hybridized carbons (Fsp3) is 0.467. The molecule has 1 aromatic heterocycles. The van der Waals surface area contributed by atoms with Crippen molar-refractivity contribution >= 4 is 10.9 Å². The molecule has 1 unspecified atom stereocenters. The molecule has 0 saturated carbocycles. The Labute approximate surface area is 109 Å². The van der Waals surface area contributed by atoms with Crippen LogP contribution in [0, 0.1) is 0 Å². The Morgan fingerprint density at radius 1 is 1.28 bits per heavy atom. The summed E-state index contributed by atoms with van der Waals surface area (Å²) in [6.07, 6.45) is 0.885. The quantitative estimate of drug-likeness (QED) is 0.900. The smallest absolute Gasteiger partial charge is 0.128 e. The summed E-state index contributed by atoms with van der Waals surface area (Å²) in [6.45, 7) is 6.44. The van der Waals surface area contributed by atoms with Crippen LogP contribution in [-0.4, -0.2) is 17.7 Å². The maximum absolute atomic E-state index is 5.94. The van der Waals surface area contributed by atoms with Gasteiger partial charge in [0.05, 0.1) is 12.6 Å². The Morgan fingerprint density at radius 2 is 2.00 bits per heavy atom. The highest BCUT2D eigenvalue weighted by molar-refractivity contribution is 5.87. The molecule has 0 fully saturated rings. The number of aromatic nitrogens is 1. The zero-order chi connectivity index (χ0) is 13.3. The molecule has 0 saturated heterocycles. The third-order valence-electron chi connectivity index (χ3n) is 3.19. The highest BCUT2D eigenvalue weighted by Gasteiger charge is 2.14. The zero-order valence-electron chi connectivity index (χ0n) is 11.6.